The van der Waals surface area contributed by atoms with E-state index in [0.29, 0.717) is 0 Å². The molecule has 0 aromatic rings. The lowest BCUT2D eigenvalue weighted by Gasteiger charge is -2.17. The van der Waals surface area contributed by atoms with Crippen LogP contribution in [0.5, 0.6) is 0 Å². The Bertz CT molecular complexity index is 371. The van der Waals surface area contributed by atoms with Gasteiger partial charge in [-0.15, -0.1) is 0 Å². The summed E-state index contributed by atoms with van der Waals surface area (Å²) in [7, 11) is 0. The van der Waals surface area contributed by atoms with Crippen molar-refractivity contribution in [3.05, 3.63) is 0 Å². The molecule has 0 aromatic carbocycles. The molecular formula is C10H18N4O5. The van der Waals surface area contributed by atoms with Gasteiger partial charge in [0, 0.05) is 18.9 Å². The van der Waals surface area contributed by atoms with Gasteiger partial charge in [0.15, 0.2) is 0 Å². The van der Waals surface area contributed by atoms with Gasteiger partial charge in [-0.05, 0) is 13.3 Å². The van der Waals surface area contributed by atoms with E-state index in [1.54, 1.807) is 6.92 Å². The molecule has 9 heteroatoms. The smallest absolute Gasteiger partial charge is 0.326 e. The minimum absolute atomic E-state index is 0.0631. The van der Waals surface area contributed by atoms with E-state index in [9.17, 15) is 19.2 Å². The van der Waals surface area contributed by atoms with Crippen LogP contribution in [0.3, 0.4) is 0 Å². The highest BCUT2D eigenvalue weighted by molar-refractivity contribution is 5.84. The summed E-state index contributed by atoms with van der Waals surface area (Å²) in [4.78, 5) is 43.4. The van der Waals surface area contributed by atoms with Crippen LogP contribution in [-0.4, -0.2) is 41.0 Å². The van der Waals surface area contributed by atoms with Crippen LogP contribution in [0, 0.1) is 0 Å². The van der Waals surface area contributed by atoms with Crippen molar-refractivity contribution in [2.75, 3.05) is 0 Å². The SMILES string of the molecule is CC(CC(N)=O)NC(=O)NC(CCC(N)=O)C(=O)O. The van der Waals surface area contributed by atoms with E-state index in [2.05, 4.69) is 10.6 Å². The maximum atomic E-state index is 11.4. The van der Waals surface area contributed by atoms with Gasteiger partial charge < -0.3 is 27.2 Å². The van der Waals surface area contributed by atoms with Crippen LogP contribution in [0.15, 0.2) is 0 Å². The first kappa shape index (κ1) is 16.7. The number of nitrogens with two attached hydrogens (primary N) is 2. The third-order valence-electron chi connectivity index (χ3n) is 2.17. The monoisotopic (exact) mass is 274 g/mol. The van der Waals surface area contributed by atoms with E-state index in [4.69, 9.17) is 16.6 Å². The molecule has 0 aliphatic heterocycles. The van der Waals surface area contributed by atoms with Crippen LogP contribution in [0.1, 0.15) is 26.2 Å². The van der Waals surface area contributed by atoms with Gasteiger partial charge in [0.25, 0.3) is 0 Å². The van der Waals surface area contributed by atoms with E-state index in [-0.39, 0.29) is 19.3 Å². The third-order valence-corrected chi connectivity index (χ3v) is 2.17. The molecule has 0 aliphatic carbocycles. The Morgan fingerprint density at radius 1 is 1.11 bits per heavy atom. The number of carbonyl (C=O) groups is 4. The van der Waals surface area contributed by atoms with Crippen molar-refractivity contribution in [1.82, 2.24) is 10.6 Å². The number of aliphatic carboxylic acids is 1. The highest BCUT2D eigenvalue weighted by Crippen LogP contribution is 1.98. The second-order valence-electron chi connectivity index (χ2n) is 4.09. The number of amides is 4. The van der Waals surface area contributed by atoms with Gasteiger partial charge in [0.05, 0.1) is 0 Å². The van der Waals surface area contributed by atoms with Crippen LogP contribution in [0.25, 0.3) is 0 Å². The Labute approximate surface area is 109 Å². The summed E-state index contributed by atoms with van der Waals surface area (Å²) in [6, 6.07) is -2.51. The third kappa shape index (κ3) is 8.41. The first-order chi connectivity index (χ1) is 8.72. The molecule has 0 spiro atoms. The molecule has 2 unspecified atom stereocenters. The van der Waals surface area contributed by atoms with Gasteiger partial charge in [-0.25, -0.2) is 9.59 Å². The summed E-state index contributed by atoms with van der Waals surface area (Å²) in [6.45, 7) is 1.55. The zero-order valence-electron chi connectivity index (χ0n) is 10.5. The molecule has 0 aromatic heterocycles. The Morgan fingerprint density at radius 2 is 1.68 bits per heavy atom. The molecule has 0 fully saturated rings. The molecule has 108 valence electrons. The fourth-order valence-electron chi connectivity index (χ4n) is 1.32. The van der Waals surface area contributed by atoms with Gasteiger partial charge in [0.2, 0.25) is 11.8 Å². The molecule has 9 nitrogen and oxygen atoms in total. The molecule has 0 bridgehead atoms. The highest BCUT2D eigenvalue weighted by Gasteiger charge is 2.21. The zero-order chi connectivity index (χ0) is 15.0. The molecule has 19 heavy (non-hydrogen) atoms. The van der Waals surface area contributed by atoms with E-state index in [1.807, 2.05) is 0 Å². The number of carboxylic acids is 1. The summed E-state index contributed by atoms with van der Waals surface area (Å²) < 4.78 is 0. The number of carboxylic acid groups (broad SMARTS) is 1. The molecule has 0 radical (unpaired) electrons. The van der Waals surface area contributed by atoms with Gasteiger partial charge in [0.1, 0.15) is 6.04 Å². The molecular weight excluding hydrogens is 256 g/mol. The largest absolute Gasteiger partial charge is 0.480 e. The second kappa shape index (κ2) is 7.90. The van der Waals surface area contributed by atoms with Crippen molar-refractivity contribution in [2.24, 2.45) is 11.5 Å². The average Bonchev–Trinajstić information content (AvgIpc) is 2.21. The summed E-state index contributed by atoms with van der Waals surface area (Å²) in [5.41, 5.74) is 9.84. The first-order valence-electron chi connectivity index (χ1n) is 5.58. The van der Waals surface area contributed by atoms with Crippen molar-refractivity contribution in [1.29, 1.82) is 0 Å². The predicted octanol–water partition coefficient (Wildman–Crippen LogP) is -1.73. The normalized spacial score (nSPS) is 13.1. The highest BCUT2D eigenvalue weighted by atomic mass is 16.4. The fraction of sp³-hybridized carbons (Fsp3) is 0.600. The summed E-state index contributed by atoms with van der Waals surface area (Å²) in [6.07, 6.45) is -0.331. The Morgan fingerprint density at radius 3 is 2.11 bits per heavy atom. The number of nitrogens with one attached hydrogen (secondary N) is 2. The Hall–Kier alpha value is -2.32. The van der Waals surface area contributed by atoms with Crippen molar-refractivity contribution in [3.8, 4) is 0 Å². The van der Waals surface area contributed by atoms with Crippen LogP contribution in [-0.2, 0) is 14.4 Å². The van der Waals surface area contributed by atoms with Gasteiger partial charge in [-0.3, -0.25) is 9.59 Å². The maximum Gasteiger partial charge on any atom is 0.326 e. The van der Waals surface area contributed by atoms with E-state index < -0.39 is 35.9 Å². The fourth-order valence-corrected chi connectivity index (χ4v) is 1.32. The van der Waals surface area contributed by atoms with Crippen LogP contribution >= 0.6 is 0 Å². The minimum atomic E-state index is -1.28. The molecule has 0 saturated heterocycles. The lowest BCUT2D eigenvalue weighted by molar-refractivity contribution is -0.139. The molecule has 7 N–H and O–H groups in total. The molecule has 0 rings (SSSR count). The zero-order valence-corrected chi connectivity index (χ0v) is 10.5. The second-order valence-corrected chi connectivity index (χ2v) is 4.09. The van der Waals surface area contributed by atoms with Gasteiger partial charge in [-0.1, -0.05) is 0 Å². The number of carbonyl (C=O) groups excluding carboxylic acids is 3. The number of hydrogen-bond donors (Lipinski definition) is 5. The summed E-state index contributed by atoms with van der Waals surface area (Å²) in [5.74, 6) is -2.52. The Balaban J connectivity index is 4.27. The van der Waals surface area contributed by atoms with Crippen LogP contribution < -0.4 is 22.1 Å². The quantitative estimate of drug-likeness (QED) is 0.354. The topological polar surface area (TPSA) is 165 Å². The number of urea groups is 1. The van der Waals surface area contributed by atoms with E-state index in [1.165, 1.54) is 0 Å². The first-order valence-corrected chi connectivity index (χ1v) is 5.58. The predicted molar refractivity (Wildman–Crippen MR) is 64.8 cm³/mol. The number of hydrogen-bond acceptors (Lipinski definition) is 4. The summed E-state index contributed by atoms with van der Waals surface area (Å²) in [5, 5.41) is 13.4. The Kier molecular flexibility index (Phi) is 6.94. The maximum absolute atomic E-state index is 11.4. The van der Waals surface area contributed by atoms with Crippen molar-refractivity contribution in [2.45, 2.75) is 38.3 Å². The van der Waals surface area contributed by atoms with Crippen LogP contribution in [0.2, 0.25) is 0 Å². The number of rotatable bonds is 8. The number of primary amides is 2. The lowest BCUT2D eigenvalue weighted by Crippen LogP contribution is -2.49. The van der Waals surface area contributed by atoms with E-state index in [0.717, 1.165) is 0 Å². The van der Waals surface area contributed by atoms with E-state index >= 15 is 0 Å². The van der Waals surface area contributed by atoms with Crippen molar-refractivity contribution >= 4 is 23.8 Å². The molecule has 2 atom stereocenters. The van der Waals surface area contributed by atoms with Gasteiger partial charge in [-0.2, -0.15) is 0 Å². The average molecular weight is 274 g/mol. The lowest BCUT2D eigenvalue weighted by atomic mass is 10.1. The molecule has 0 aliphatic rings. The van der Waals surface area contributed by atoms with Crippen molar-refractivity contribution < 1.29 is 24.3 Å². The van der Waals surface area contributed by atoms with Crippen LogP contribution in [0.4, 0.5) is 4.79 Å². The standard InChI is InChI=1S/C10H18N4O5/c1-5(4-8(12)16)13-10(19)14-6(9(17)18)2-3-7(11)15/h5-6H,2-4H2,1H3,(H2,11,15)(H2,12,16)(H,17,18)(H2,13,14,19). The van der Waals surface area contributed by atoms with Crippen molar-refractivity contribution in [3.63, 3.8) is 0 Å². The van der Waals surface area contributed by atoms with Gasteiger partial charge >= 0.3 is 12.0 Å². The molecule has 0 saturated carbocycles. The minimum Gasteiger partial charge on any atom is -0.480 e. The molecule has 4 amide bonds. The molecule has 0 heterocycles. The summed E-state index contributed by atoms with van der Waals surface area (Å²) >= 11 is 0.